The van der Waals surface area contributed by atoms with Crippen molar-refractivity contribution in [3.05, 3.63) is 29.8 Å². The number of benzene rings is 1. The molecule has 1 unspecified atom stereocenters. The van der Waals surface area contributed by atoms with Crippen LogP contribution in [0.3, 0.4) is 0 Å². The molecule has 120 valence electrons. The zero-order chi connectivity index (χ0) is 15.6. The summed E-state index contributed by atoms with van der Waals surface area (Å²) in [5.41, 5.74) is 1.50. The van der Waals surface area contributed by atoms with Crippen LogP contribution in [0, 0.1) is 18.3 Å². The number of piperidine rings is 1. The highest BCUT2D eigenvalue weighted by Crippen LogP contribution is 2.59. The summed E-state index contributed by atoms with van der Waals surface area (Å²) in [7, 11) is 1.90. The molecule has 22 heavy (non-hydrogen) atoms. The average Bonchev–Trinajstić information content (AvgIpc) is 3.20. The fourth-order valence-corrected chi connectivity index (χ4v) is 3.56. The zero-order valence-corrected chi connectivity index (χ0v) is 13.6. The Kier molecular flexibility index (Phi) is 4.39. The second kappa shape index (κ2) is 6.29. The van der Waals surface area contributed by atoms with Crippen molar-refractivity contribution in [3.8, 4) is 5.75 Å². The highest BCUT2D eigenvalue weighted by molar-refractivity contribution is 5.82. The molecule has 2 fully saturated rings. The van der Waals surface area contributed by atoms with E-state index in [4.69, 9.17) is 4.74 Å². The number of amides is 1. The summed E-state index contributed by atoms with van der Waals surface area (Å²) < 4.78 is 5.74. The maximum absolute atomic E-state index is 12.5. The van der Waals surface area contributed by atoms with Crippen LogP contribution in [0.1, 0.15) is 24.8 Å². The van der Waals surface area contributed by atoms with Gasteiger partial charge in [-0.1, -0.05) is 12.1 Å². The summed E-state index contributed by atoms with van der Waals surface area (Å²) in [6.07, 6.45) is 3.38. The lowest BCUT2D eigenvalue weighted by Crippen LogP contribution is -2.36. The lowest BCUT2D eigenvalue weighted by atomic mass is 9.91. The number of carbonyl (C=O) groups is 1. The first-order valence-corrected chi connectivity index (χ1v) is 8.26. The smallest absolute Gasteiger partial charge is 0.226 e. The van der Waals surface area contributed by atoms with Gasteiger partial charge >= 0.3 is 0 Å². The van der Waals surface area contributed by atoms with Crippen molar-refractivity contribution < 1.29 is 9.53 Å². The van der Waals surface area contributed by atoms with Crippen LogP contribution in [0.15, 0.2) is 24.3 Å². The number of nitrogens with one attached hydrogen (secondary N) is 1. The number of hydrogen-bond donors (Lipinski definition) is 1. The van der Waals surface area contributed by atoms with Gasteiger partial charge in [-0.2, -0.15) is 0 Å². The molecule has 3 rings (SSSR count). The van der Waals surface area contributed by atoms with Gasteiger partial charge in [0.15, 0.2) is 0 Å². The minimum atomic E-state index is 0.249. The Morgan fingerprint density at radius 3 is 2.91 bits per heavy atom. The molecule has 1 saturated heterocycles. The van der Waals surface area contributed by atoms with Crippen molar-refractivity contribution in [1.82, 2.24) is 10.2 Å². The Balaban J connectivity index is 1.44. The first kappa shape index (κ1) is 15.3. The van der Waals surface area contributed by atoms with E-state index in [0.29, 0.717) is 24.5 Å². The summed E-state index contributed by atoms with van der Waals surface area (Å²) >= 11 is 0. The van der Waals surface area contributed by atoms with Gasteiger partial charge in [-0.15, -0.1) is 0 Å². The van der Waals surface area contributed by atoms with Crippen molar-refractivity contribution in [1.29, 1.82) is 0 Å². The highest BCUT2D eigenvalue weighted by Gasteiger charge is 2.58. The quantitative estimate of drug-likeness (QED) is 0.907. The Hall–Kier alpha value is -1.55. The molecule has 1 aromatic rings. The fraction of sp³-hybridized carbons (Fsp3) is 0.611. The summed E-state index contributed by atoms with van der Waals surface area (Å²) in [5, 5.41) is 3.38. The van der Waals surface area contributed by atoms with Gasteiger partial charge in [0.25, 0.3) is 0 Å². The van der Waals surface area contributed by atoms with E-state index >= 15 is 0 Å². The van der Waals surface area contributed by atoms with Crippen molar-refractivity contribution in [2.24, 2.45) is 11.3 Å². The Morgan fingerprint density at radius 2 is 2.18 bits per heavy atom. The number of likely N-dealkylation sites (N-methyl/N-ethyl adjacent to an activating group) is 1. The van der Waals surface area contributed by atoms with Gasteiger partial charge in [-0.05, 0) is 62.4 Å². The molecule has 1 aliphatic heterocycles. The fourth-order valence-electron chi connectivity index (χ4n) is 3.56. The molecule has 0 aromatic heterocycles. The normalized spacial score (nSPS) is 22.4. The minimum Gasteiger partial charge on any atom is -0.492 e. The molecule has 0 radical (unpaired) electrons. The second-order valence-electron chi connectivity index (χ2n) is 6.79. The molecule has 1 heterocycles. The maximum atomic E-state index is 12.5. The van der Waals surface area contributed by atoms with E-state index in [1.807, 2.05) is 43.1 Å². The van der Waals surface area contributed by atoms with Crippen LogP contribution < -0.4 is 10.1 Å². The van der Waals surface area contributed by atoms with E-state index in [1.54, 1.807) is 0 Å². The van der Waals surface area contributed by atoms with E-state index < -0.39 is 0 Å². The second-order valence-corrected chi connectivity index (χ2v) is 6.79. The highest BCUT2D eigenvalue weighted by atomic mass is 16.5. The van der Waals surface area contributed by atoms with Gasteiger partial charge in [0, 0.05) is 13.0 Å². The number of ether oxygens (including phenoxy) is 1. The predicted molar refractivity (Wildman–Crippen MR) is 87.0 cm³/mol. The predicted octanol–water partition coefficient (Wildman–Crippen LogP) is 2.22. The van der Waals surface area contributed by atoms with Crippen LogP contribution in [0.4, 0.5) is 0 Å². The Bertz CT molecular complexity index is 538. The molecule has 1 N–H and O–H groups in total. The number of aryl methyl sites for hydroxylation is 1. The molecule has 1 aliphatic carbocycles. The first-order valence-electron chi connectivity index (χ1n) is 8.26. The maximum Gasteiger partial charge on any atom is 0.226 e. The van der Waals surface area contributed by atoms with Gasteiger partial charge in [0.2, 0.25) is 5.91 Å². The van der Waals surface area contributed by atoms with Gasteiger partial charge in [0.05, 0.1) is 6.54 Å². The lowest BCUT2D eigenvalue weighted by Gasteiger charge is -2.25. The Labute approximate surface area is 132 Å². The van der Waals surface area contributed by atoms with E-state index in [-0.39, 0.29) is 5.92 Å². The molecule has 4 heteroatoms. The average molecular weight is 302 g/mol. The van der Waals surface area contributed by atoms with Gasteiger partial charge in [-0.3, -0.25) is 4.79 Å². The van der Waals surface area contributed by atoms with Gasteiger partial charge < -0.3 is 15.0 Å². The van der Waals surface area contributed by atoms with Crippen LogP contribution >= 0.6 is 0 Å². The molecular formula is C18H26N2O2. The SMILES string of the molecule is Cc1cccc(OCCN(C)C(=O)C2CC23CCNCC3)c1. The lowest BCUT2D eigenvalue weighted by molar-refractivity contribution is -0.132. The van der Waals surface area contributed by atoms with E-state index in [2.05, 4.69) is 5.32 Å². The number of rotatable bonds is 5. The number of carbonyl (C=O) groups excluding carboxylic acids is 1. The molecular weight excluding hydrogens is 276 g/mol. The summed E-state index contributed by atoms with van der Waals surface area (Å²) in [5.74, 6) is 1.43. The third-order valence-electron chi connectivity index (χ3n) is 5.15. The third kappa shape index (κ3) is 3.27. The van der Waals surface area contributed by atoms with Gasteiger partial charge in [0.1, 0.15) is 12.4 Å². The summed E-state index contributed by atoms with van der Waals surface area (Å²) in [6, 6.07) is 8.02. The largest absolute Gasteiger partial charge is 0.492 e. The van der Waals surface area contributed by atoms with Crippen molar-refractivity contribution in [2.45, 2.75) is 26.2 Å². The monoisotopic (exact) mass is 302 g/mol. The van der Waals surface area contributed by atoms with Crippen LogP contribution in [0.2, 0.25) is 0 Å². The molecule has 1 aromatic carbocycles. The number of nitrogens with zero attached hydrogens (tertiary/aromatic N) is 1. The standard InChI is InChI=1S/C18H26N2O2/c1-14-4-3-5-15(12-14)22-11-10-20(2)17(21)16-13-18(16)6-8-19-9-7-18/h3-5,12,16,19H,6-11,13H2,1-2H3. The van der Waals surface area contributed by atoms with Crippen molar-refractivity contribution in [3.63, 3.8) is 0 Å². The molecule has 0 bridgehead atoms. The molecule has 1 spiro atoms. The zero-order valence-electron chi connectivity index (χ0n) is 13.6. The first-order chi connectivity index (χ1) is 10.6. The van der Waals surface area contributed by atoms with Crippen LogP contribution in [0.25, 0.3) is 0 Å². The van der Waals surface area contributed by atoms with Crippen LogP contribution in [-0.4, -0.2) is 44.1 Å². The molecule has 4 nitrogen and oxygen atoms in total. The Morgan fingerprint density at radius 1 is 1.41 bits per heavy atom. The summed E-state index contributed by atoms with van der Waals surface area (Å²) in [4.78, 5) is 14.4. The van der Waals surface area contributed by atoms with Crippen LogP contribution in [-0.2, 0) is 4.79 Å². The topological polar surface area (TPSA) is 41.6 Å². The summed E-state index contributed by atoms with van der Waals surface area (Å²) in [6.45, 7) is 5.37. The van der Waals surface area contributed by atoms with Gasteiger partial charge in [-0.25, -0.2) is 0 Å². The van der Waals surface area contributed by atoms with E-state index in [9.17, 15) is 4.79 Å². The molecule has 2 aliphatic rings. The van der Waals surface area contributed by atoms with Crippen molar-refractivity contribution in [2.75, 3.05) is 33.3 Å². The number of hydrogen-bond acceptors (Lipinski definition) is 3. The van der Waals surface area contributed by atoms with Crippen molar-refractivity contribution >= 4 is 5.91 Å². The van der Waals surface area contributed by atoms with Crippen LogP contribution in [0.5, 0.6) is 5.75 Å². The molecule has 1 atom stereocenters. The van der Waals surface area contributed by atoms with E-state index in [1.165, 1.54) is 5.56 Å². The molecule has 1 saturated carbocycles. The van der Waals surface area contributed by atoms with E-state index in [0.717, 1.165) is 38.1 Å². The third-order valence-corrected chi connectivity index (χ3v) is 5.15. The minimum absolute atomic E-state index is 0.249. The molecule has 1 amide bonds.